The molecule has 3 aliphatic rings. The van der Waals surface area contributed by atoms with Crippen molar-refractivity contribution in [2.24, 2.45) is 10.4 Å². The third-order valence-corrected chi connectivity index (χ3v) is 6.54. The summed E-state index contributed by atoms with van der Waals surface area (Å²) in [5.41, 5.74) is 1.94. The van der Waals surface area contributed by atoms with Crippen molar-refractivity contribution in [3.63, 3.8) is 0 Å². The van der Waals surface area contributed by atoms with Crippen molar-refractivity contribution in [1.29, 1.82) is 0 Å². The molecular weight excluding hydrogens is 340 g/mol. The van der Waals surface area contributed by atoms with Gasteiger partial charge in [0.2, 0.25) is 5.70 Å². The van der Waals surface area contributed by atoms with E-state index in [2.05, 4.69) is 12.6 Å². The highest BCUT2D eigenvalue weighted by atomic mass is 32.2. The Bertz CT molecular complexity index is 685. The lowest BCUT2D eigenvalue weighted by Crippen LogP contribution is -2.21. The van der Waals surface area contributed by atoms with Crippen molar-refractivity contribution in [3.8, 4) is 0 Å². The first-order chi connectivity index (χ1) is 11.5. The number of aliphatic imine (C=N–C) groups is 1. The summed E-state index contributed by atoms with van der Waals surface area (Å²) in [7, 11) is 0. The van der Waals surface area contributed by atoms with Crippen LogP contribution in [0.25, 0.3) is 0 Å². The second kappa shape index (κ2) is 7.31. The molecule has 0 saturated heterocycles. The van der Waals surface area contributed by atoms with Crippen LogP contribution >= 0.6 is 24.4 Å². The highest BCUT2D eigenvalue weighted by Crippen LogP contribution is 2.57. The SMILES string of the molecule is C/C=C\C=C(/S)C1=NC(C2(CC3=CC=C([N+](=O)[O-])CC3)CC2)CS1. The Morgan fingerprint density at radius 1 is 1.50 bits per heavy atom. The molecule has 6 heteroatoms. The number of thiol groups is 1. The van der Waals surface area contributed by atoms with Gasteiger partial charge >= 0.3 is 0 Å². The Balaban J connectivity index is 1.68. The lowest BCUT2D eigenvalue weighted by atomic mass is 9.86. The molecule has 0 bridgehead atoms. The van der Waals surface area contributed by atoms with Gasteiger partial charge in [0.05, 0.1) is 11.0 Å². The average Bonchev–Trinajstić information content (AvgIpc) is 3.18. The molecule has 1 heterocycles. The highest BCUT2D eigenvalue weighted by molar-refractivity contribution is 8.16. The Kier molecular flexibility index (Phi) is 5.35. The molecule has 2 aliphatic carbocycles. The minimum Gasteiger partial charge on any atom is -0.272 e. The predicted molar refractivity (Wildman–Crippen MR) is 104 cm³/mol. The van der Waals surface area contributed by atoms with Crippen molar-refractivity contribution >= 4 is 29.4 Å². The fourth-order valence-electron chi connectivity index (χ4n) is 3.30. The fraction of sp³-hybridized carbons (Fsp3) is 0.500. The second-order valence-corrected chi connectivity index (χ2v) is 8.11. The van der Waals surface area contributed by atoms with Crippen molar-refractivity contribution in [2.45, 2.75) is 45.1 Å². The van der Waals surface area contributed by atoms with Gasteiger partial charge in [-0.3, -0.25) is 15.1 Å². The molecule has 1 unspecified atom stereocenters. The van der Waals surface area contributed by atoms with Gasteiger partial charge in [0.1, 0.15) is 5.04 Å². The van der Waals surface area contributed by atoms with Gasteiger partial charge in [-0.1, -0.05) is 23.8 Å². The summed E-state index contributed by atoms with van der Waals surface area (Å²) in [6.07, 6.45) is 14.4. The lowest BCUT2D eigenvalue weighted by molar-refractivity contribution is -0.428. The van der Waals surface area contributed by atoms with E-state index in [4.69, 9.17) is 4.99 Å². The number of rotatable bonds is 6. The average molecular weight is 363 g/mol. The largest absolute Gasteiger partial charge is 0.272 e. The van der Waals surface area contributed by atoms with Gasteiger partial charge in [-0.2, -0.15) is 0 Å². The second-order valence-electron chi connectivity index (χ2n) is 6.62. The Labute approximate surface area is 152 Å². The zero-order chi connectivity index (χ0) is 17.2. The number of nitro groups is 1. The molecule has 0 aromatic heterocycles. The number of hydrogen-bond acceptors (Lipinski definition) is 5. The van der Waals surface area contributed by atoms with E-state index < -0.39 is 0 Å². The van der Waals surface area contributed by atoms with E-state index in [1.165, 1.54) is 18.4 Å². The van der Waals surface area contributed by atoms with Gasteiger partial charge < -0.3 is 0 Å². The molecule has 4 nitrogen and oxygen atoms in total. The Morgan fingerprint density at radius 3 is 2.88 bits per heavy atom. The summed E-state index contributed by atoms with van der Waals surface area (Å²) in [6, 6.07) is 0.348. The summed E-state index contributed by atoms with van der Waals surface area (Å²) in [5.74, 6) is 1.02. The van der Waals surface area contributed by atoms with E-state index in [1.807, 2.05) is 31.2 Å². The summed E-state index contributed by atoms with van der Waals surface area (Å²) < 4.78 is 0. The maximum absolute atomic E-state index is 10.8. The van der Waals surface area contributed by atoms with E-state index in [0.717, 1.165) is 28.5 Å². The van der Waals surface area contributed by atoms with Crippen LogP contribution in [0.4, 0.5) is 0 Å². The number of thioether (sulfide) groups is 1. The Hall–Kier alpha value is -1.27. The third kappa shape index (κ3) is 3.86. The molecule has 0 aromatic rings. The topological polar surface area (TPSA) is 55.5 Å². The first-order valence-corrected chi connectivity index (χ1v) is 9.73. The molecule has 0 radical (unpaired) electrons. The van der Waals surface area contributed by atoms with E-state index in [0.29, 0.717) is 18.2 Å². The van der Waals surface area contributed by atoms with Gasteiger partial charge in [-0.05, 0) is 44.1 Å². The number of allylic oxidation sites excluding steroid dienone is 7. The quantitative estimate of drug-likeness (QED) is 0.315. The molecule has 1 aliphatic heterocycles. The number of hydrogen-bond donors (Lipinski definition) is 1. The molecule has 1 fully saturated rings. The van der Waals surface area contributed by atoms with Crippen LogP contribution in [-0.2, 0) is 0 Å². The van der Waals surface area contributed by atoms with Crippen molar-refractivity contribution in [3.05, 3.63) is 56.7 Å². The van der Waals surface area contributed by atoms with Crippen LogP contribution in [0.5, 0.6) is 0 Å². The molecule has 1 atom stereocenters. The van der Waals surface area contributed by atoms with Crippen LogP contribution < -0.4 is 0 Å². The van der Waals surface area contributed by atoms with Crippen LogP contribution in [-0.4, -0.2) is 21.8 Å². The van der Waals surface area contributed by atoms with Crippen LogP contribution in [0.3, 0.4) is 0 Å². The van der Waals surface area contributed by atoms with Gasteiger partial charge in [-0.25, -0.2) is 0 Å². The van der Waals surface area contributed by atoms with E-state index in [9.17, 15) is 10.1 Å². The molecular formula is C18H22N2O2S2. The van der Waals surface area contributed by atoms with Crippen LogP contribution in [0.1, 0.15) is 39.0 Å². The summed E-state index contributed by atoms with van der Waals surface area (Å²) in [4.78, 5) is 16.4. The van der Waals surface area contributed by atoms with Gasteiger partial charge in [0.15, 0.2) is 0 Å². The zero-order valence-corrected chi connectivity index (χ0v) is 15.5. The normalized spacial score (nSPS) is 26.2. The predicted octanol–water partition coefficient (Wildman–Crippen LogP) is 4.94. The van der Waals surface area contributed by atoms with Gasteiger partial charge in [0, 0.05) is 23.2 Å². The van der Waals surface area contributed by atoms with Crippen LogP contribution in [0.15, 0.2) is 51.5 Å². The molecule has 1 saturated carbocycles. The third-order valence-electron chi connectivity index (χ3n) is 4.94. The summed E-state index contributed by atoms with van der Waals surface area (Å²) >= 11 is 6.34. The minimum atomic E-state index is -0.268. The molecule has 0 amide bonds. The molecule has 128 valence electrons. The van der Waals surface area contributed by atoms with Gasteiger partial charge in [0.25, 0.3) is 0 Å². The molecule has 3 rings (SSSR count). The van der Waals surface area contributed by atoms with Crippen molar-refractivity contribution in [2.75, 3.05) is 5.75 Å². The summed E-state index contributed by atoms with van der Waals surface area (Å²) in [5, 5.41) is 11.9. The monoisotopic (exact) mass is 362 g/mol. The van der Waals surface area contributed by atoms with Gasteiger partial charge in [-0.15, -0.1) is 24.4 Å². The van der Waals surface area contributed by atoms with Crippen molar-refractivity contribution < 1.29 is 4.92 Å². The summed E-state index contributed by atoms with van der Waals surface area (Å²) in [6.45, 7) is 1.99. The smallest absolute Gasteiger partial charge is 0.246 e. The maximum atomic E-state index is 10.8. The standard InChI is InChI=1S/C18H22N2O2S2/c1-2-3-4-15(23)17-19-16(12-24-17)18(9-10-18)11-13-5-7-14(8-6-13)20(21)22/h2-5,7,16,23H,6,8-12H2,1H3/b3-2-,15-4-. The maximum Gasteiger partial charge on any atom is 0.246 e. The minimum absolute atomic E-state index is 0.268. The number of nitrogens with zero attached hydrogens (tertiary/aromatic N) is 2. The first-order valence-electron chi connectivity index (χ1n) is 8.30. The fourth-order valence-corrected chi connectivity index (χ4v) is 4.79. The van der Waals surface area contributed by atoms with Crippen LogP contribution in [0, 0.1) is 15.5 Å². The van der Waals surface area contributed by atoms with E-state index in [-0.39, 0.29) is 10.3 Å². The van der Waals surface area contributed by atoms with Crippen molar-refractivity contribution in [1.82, 2.24) is 0 Å². The van der Waals surface area contributed by atoms with E-state index in [1.54, 1.807) is 17.8 Å². The molecule has 0 aromatic carbocycles. The first kappa shape index (κ1) is 17.5. The molecule has 24 heavy (non-hydrogen) atoms. The zero-order valence-electron chi connectivity index (χ0n) is 13.8. The Morgan fingerprint density at radius 2 is 2.29 bits per heavy atom. The lowest BCUT2D eigenvalue weighted by Gasteiger charge is -2.22. The molecule has 0 spiro atoms. The highest BCUT2D eigenvalue weighted by Gasteiger charge is 2.51. The van der Waals surface area contributed by atoms with Crippen LogP contribution in [0.2, 0.25) is 0 Å². The van der Waals surface area contributed by atoms with E-state index >= 15 is 0 Å². The molecule has 0 N–H and O–H groups in total.